The van der Waals surface area contributed by atoms with E-state index in [0.717, 1.165) is 24.3 Å². The molecule has 0 radical (unpaired) electrons. The zero-order valence-corrected chi connectivity index (χ0v) is 14.9. The molecule has 0 amide bonds. The zero-order valence-electron chi connectivity index (χ0n) is 14.9. The molecule has 2 aliphatic rings. The molecular formula is C22H24N2. The lowest BCUT2D eigenvalue weighted by Gasteiger charge is -2.34. The maximum atomic E-state index is 5.13. The van der Waals surface area contributed by atoms with E-state index in [9.17, 15) is 0 Å². The molecule has 2 aromatic carbocycles. The van der Waals surface area contributed by atoms with Crippen molar-refractivity contribution in [3.05, 3.63) is 70.8 Å². The largest absolute Gasteiger partial charge is 0.276 e. The van der Waals surface area contributed by atoms with E-state index in [4.69, 9.17) is 9.98 Å². The summed E-state index contributed by atoms with van der Waals surface area (Å²) in [5.74, 6) is 0. The number of hydrogen-bond donors (Lipinski definition) is 0. The summed E-state index contributed by atoms with van der Waals surface area (Å²) in [5.41, 5.74) is 7.15. The number of hydrogen-bond acceptors (Lipinski definition) is 2. The second-order valence-electron chi connectivity index (χ2n) is 8.21. The van der Waals surface area contributed by atoms with Gasteiger partial charge in [0.1, 0.15) is 0 Å². The van der Waals surface area contributed by atoms with Gasteiger partial charge in [0, 0.05) is 11.1 Å². The number of benzene rings is 2. The lowest BCUT2D eigenvalue weighted by Crippen LogP contribution is -2.37. The Morgan fingerprint density at radius 1 is 0.625 bits per heavy atom. The molecule has 2 heteroatoms. The summed E-state index contributed by atoms with van der Waals surface area (Å²) < 4.78 is 0. The maximum Gasteiger partial charge on any atom is 0.0914 e. The lowest BCUT2D eigenvalue weighted by molar-refractivity contribution is 0.508. The van der Waals surface area contributed by atoms with Crippen molar-refractivity contribution in [1.82, 2.24) is 0 Å². The molecule has 0 saturated carbocycles. The summed E-state index contributed by atoms with van der Waals surface area (Å²) in [4.78, 5) is 10.3. The first-order valence-corrected chi connectivity index (χ1v) is 8.71. The fourth-order valence-corrected chi connectivity index (χ4v) is 3.91. The third kappa shape index (κ3) is 2.60. The first-order chi connectivity index (χ1) is 11.3. The van der Waals surface area contributed by atoms with E-state index in [2.05, 4.69) is 76.2 Å². The van der Waals surface area contributed by atoms with E-state index in [1.54, 1.807) is 0 Å². The summed E-state index contributed by atoms with van der Waals surface area (Å²) in [7, 11) is 0. The Bertz CT molecular complexity index is 796. The van der Waals surface area contributed by atoms with Crippen molar-refractivity contribution in [2.75, 3.05) is 0 Å². The number of rotatable bonds is 1. The highest BCUT2D eigenvalue weighted by atomic mass is 14.9. The molecule has 24 heavy (non-hydrogen) atoms. The Kier molecular flexibility index (Phi) is 3.28. The Labute approximate surface area is 144 Å². The highest BCUT2D eigenvalue weighted by molar-refractivity contribution is 6.54. The van der Waals surface area contributed by atoms with Crippen LogP contribution in [0.2, 0.25) is 0 Å². The van der Waals surface area contributed by atoms with Crippen LogP contribution in [-0.4, -0.2) is 22.5 Å². The van der Waals surface area contributed by atoms with Gasteiger partial charge < -0.3 is 0 Å². The van der Waals surface area contributed by atoms with Crippen LogP contribution in [0.1, 0.15) is 49.9 Å². The van der Waals surface area contributed by atoms with Crippen LogP contribution in [0.4, 0.5) is 0 Å². The van der Waals surface area contributed by atoms with Crippen molar-refractivity contribution in [3.63, 3.8) is 0 Å². The van der Waals surface area contributed by atoms with Gasteiger partial charge >= 0.3 is 0 Å². The second-order valence-corrected chi connectivity index (χ2v) is 8.21. The fraction of sp³-hybridized carbons (Fsp3) is 0.364. The van der Waals surface area contributed by atoms with Gasteiger partial charge in [-0.05, 0) is 51.7 Å². The molecule has 0 spiro atoms. The molecule has 0 aromatic heterocycles. The topological polar surface area (TPSA) is 24.7 Å². The summed E-state index contributed by atoms with van der Waals surface area (Å²) in [6.45, 7) is 8.85. The van der Waals surface area contributed by atoms with Crippen molar-refractivity contribution in [3.8, 4) is 0 Å². The molecule has 4 rings (SSSR count). The van der Waals surface area contributed by atoms with Gasteiger partial charge in [-0.2, -0.15) is 0 Å². The molecule has 0 bridgehead atoms. The molecule has 122 valence electrons. The van der Waals surface area contributed by atoms with Crippen molar-refractivity contribution < 1.29 is 0 Å². The van der Waals surface area contributed by atoms with Crippen molar-refractivity contribution in [2.45, 2.75) is 51.6 Å². The quantitative estimate of drug-likeness (QED) is 0.732. The van der Waals surface area contributed by atoms with Gasteiger partial charge in [-0.15, -0.1) is 0 Å². The maximum absolute atomic E-state index is 5.13. The minimum Gasteiger partial charge on any atom is -0.276 e. The van der Waals surface area contributed by atoms with E-state index in [1.807, 2.05) is 0 Å². The van der Waals surface area contributed by atoms with Crippen LogP contribution in [0.25, 0.3) is 0 Å². The number of aliphatic imine (C=N–C) groups is 2. The summed E-state index contributed by atoms with van der Waals surface area (Å²) >= 11 is 0. The summed E-state index contributed by atoms with van der Waals surface area (Å²) in [6.07, 6.45) is 1.95. The predicted molar refractivity (Wildman–Crippen MR) is 102 cm³/mol. The fourth-order valence-electron chi connectivity index (χ4n) is 3.91. The Morgan fingerprint density at radius 3 is 1.42 bits per heavy atom. The van der Waals surface area contributed by atoms with E-state index in [1.165, 1.54) is 22.3 Å². The second kappa shape index (κ2) is 5.14. The van der Waals surface area contributed by atoms with Gasteiger partial charge in [0.25, 0.3) is 0 Å². The van der Waals surface area contributed by atoms with Crippen molar-refractivity contribution in [2.24, 2.45) is 9.98 Å². The van der Waals surface area contributed by atoms with E-state index >= 15 is 0 Å². The van der Waals surface area contributed by atoms with Crippen LogP contribution in [0, 0.1) is 0 Å². The highest BCUT2D eigenvalue weighted by Gasteiger charge is 2.33. The summed E-state index contributed by atoms with van der Waals surface area (Å²) in [6, 6.07) is 17.3. The first-order valence-electron chi connectivity index (χ1n) is 8.71. The average molecular weight is 316 g/mol. The number of nitrogens with zero attached hydrogens (tertiary/aromatic N) is 2. The van der Waals surface area contributed by atoms with Crippen molar-refractivity contribution >= 4 is 11.4 Å². The Balaban J connectivity index is 1.97. The van der Waals surface area contributed by atoms with Gasteiger partial charge in [-0.1, -0.05) is 48.5 Å². The smallest absolute Gasteiger partial charge is 0.0914 e. The molecule has 0 fully saturated rings. The molecule has 2 aromatic rings. The Hall–Kier alpha value is -2.22. The van der Waals surface area contributed by atoms with E-state index in [0.29, 0.717) is 0 Å². The molecule has 2 aliphatic heterocycles. The number of fused-ring (bicyclic) bond motifs is 2. The molecular weight excluding hydrogens is 292 g/mol. The first kappa shape index (κ1) is 15.3. The lowest BCUT2D eigenvalue weighted by atomic mass is 9.81. The Morgan fingerprint density at radius 2 is 1.00 bits per heavy atom. The van der Waals surface area contributed by atoms with Gasteiger partial charge in [-0.3, -0.25) is 9.98 Å². The van der Waals surface area contributed by atoms with Crippen LogP contribution >= 0.6 is 0 Å². The third-order valence-electron chi connectivity index (χ3n) is 4.84. The standard InChI is InChI=1S/C22H24N2/c1-21(2)13-15-9-5-7-11-17(15)19(23-21)20-18-12-8-6-10-16(18)14-22(3,4)24-20/h5-12H,13-14H2,1-4H3. The van der Waals surface area contributed by atoms with Crippen LogP contribution in [0.5, 0.6) is 0 Å². The molecule has 2 heterocycles. The zero-order chi connectivity index (χ0) is 16.9. The molecule has 0 atom stereocenters. The predicted octanol–water partition coefficient (Wildman–Crippen LogP) is 4.63. The monoisotopic (exact) mass is 316 g/mol. The van der Waals surface area contributed by atoms with Crippen molar-refractivity contribution in [1.29, 1.82) is 0 Å². The van der Waals surface area contributed by atoms with E-state index in [-0.39, 0.29) is 11.1 Å². The SMILES string of the molecule is CC1(C)Cc2ccccc2C(C2=NC(C)(C)Cc3ccccc32)=N1. The minimum atomic E-state index is -0.0945. The molecule has 0 N–H and O–H groups in total. The third-order valence-corrected chi connectivity index (χ3v) is 4.84. The van der Waals surface area contributed by atoms with Gasteiger partial charge in [-0.25, -0.2) is 0 Å². The van der Waals surface area contributed by atoms with Crippen LogP contribution in [0.15, 0.2) is 58.5 Å². The molecule has 0 aliphatic carbocycles. The van der Waals surface area contributed by atoms with Crippen LogP contribution < -0.4 is 0 Å². The normalized spacial score (nSPS) is 20.5. The van der Waals surface area contributed by atoms with Gasteiger partial charge in [0.15, 0.2) is 0 Å². The molecule has 2 nitrogen and oxygen atoms in total. The van der Waals surface area contributed by atoms with Crippen LogP contribution in [-0.2, 0) is 12.8 Å². The van der Waals surface area contributed by atoms with Crippen LogP contribution in [0.3, 0.4) is 0 Å². The average Bonchev–Trinajstić information content (AvgIpc) is 2.51. The molecule has 0 unspecified atom stereocenters. The molecule has 0 saturated heterocycles. The van der Waals surface area contributed by atoms with Gasteiger partial charge in [0.05, 0.1) is 22.5 Å². The minimum absolute atomic E-state index is 0.0945. The summed E-state index contributed by atoms with van der Waals surface area (Å²) in [5, 5.41) is 0. The van der Waals surface area contributed by atoms with Gasteiger partial charge in [0.2, 0.25) is 0 Å². The van der Waals surface area contributed by atoms with E-state index < -0.39 is 0 Å². The highest BCUT2D eigenvalue weighted by Crippen LogP contribution is 2.32.